The Hall–Kier alpha value is -3.18. The lowest BCUT2D eigenvalue weighted by Gasteiger charge is -2.19. The number of carbonyl (C=O) groups is 4. The number of nitrogens with two attached hydrogens (primary N) is 1. The summed E-state index contributed by atoms with van der Waals surface area (Å²) in [6.45, 7) is 0.0322. The molecular formula is C22H20BrFN4O4S. The molecule has 0 bridgehead atoms. The summed E-state index contributed by atoms with van der Waals surface area (Å²) < 4.78 is 13.8. The molecule has 1 fully saturated rings. The summed E-state index contributed by atoms with van der Waals surface area (Å²) in [7, 11) is 0. The first-order valence-electron chi connectivity index (χ1n) is 9.82. The molecule has 0 aliphatic carbocycles. The van der Waals surface area contributed by atoms with Crippen molar-refractivity contribution in [2.24, 2.45) is 5.73 Å². The van der Waals surface area contributed by atoms with Gasteiger partial charge in [-0.25, -0.2) is 9.18 Å². The highest BCUT2D eigenvalue weighted by molar-refractivity contribution is 9.10. The van der Waals surface area contributed by atoms with Gasteiger partial charge in [0.25, 0.3) is 11.1 Å². The van der Waals surface area contributed by atoms with E-state index in [4.69, 9.17) is 5.73 Å². The van der Waals surface area contributed by atoms with Crippen molar-refractivity contribution < 1.29 is 23.6 Å². The largest absolute Gasteiger partial charge is 0.354 e. The van der Waals surface area contributed by atoms with Gasteiger partial charge < -0.3 is 16.4 Å². The van der Waals surface area contributed by atoms with Crippen LogP contribution in [0, 0.1) is 5.82 Å². The smallest absolute Gasteiger partial charge is 0.312 e. The van der Waals surface area contributed by atoms with Gasteiger partial charge in [-0.05, 0) is 53.2 Å². The molecule has 1 aliphatic heterocycles. The third-order valence-electron chi connectivity index (χ3n) is 4.66. The molecule has 11 heteroatoms. The maximum Gasteiger partial charge on any atom is 0.312 e. The molecule has 1 saturated heterocycles. The van der Waals surface area contributed by atoms with Crippen LogP contribution in [0.3, 0.4) is 0 Å². The van der Waals surface area contributed by atoms with Gasteiger partial charge in [-0.2, -0.15) is 0 Å². The molecule has 1 aliphatic rings. The molecule has 3 rings (SSSR count). The Labute approximate surface area is 201 Å². The molecule has 0 aromatic heterocycles. The van der Waals surface area contributed by atoms with Gasteiger partial charge in [0.05, 0.1) is 17.4 Å². The van der Waals surface area contributed by atoms with Gasteiger partial charge in [0.2, 0.25) is 5.91 Å². The summed E-state index contributed by atoms with van der Waals surface area (Å²) >= 11 is 4.13. The fourth-order valence-corrected chi connectivity index (χ4v) is 4.40. The Morgan fingerprint density at radius 3 is 2.58 bits per heavy atom. The predicted octanol–water partition coefficient (Wildman–Crippen LogP) is 3.54. The fraction of sp³-hybridized carbons (Fsp3) is 0.182. The third-order valence-corrected chi connectivity index (χ3v) is 6.06. The number of imide groups is 1. The van der Waals surface area contributed by atoms with Crippen LogP contribution in [0.25, 0.3) is 6.08 Å². The van der Waals surface area contributed by atoms with Gasteiger partial charge in [-0.1, -0.05) is 40.2 Å². The second-order valence-electron chi connectivity index (χ2n) is 7.06. The van der Waals surface area contributed by atoms with Crippen LogP contribution in [0.15, 0.2) is 57.9 Å². The highest BCUT2D eigenvalue weighted by Gasteiger charge is 2.34. The van der Waals surface area contributed by atoms with Gasteiger partial charge in [-0.3, -0.25) is 19.3 Å². The number of thioether (sulfide) groups is 1. The van der Waals surface area contributed by atoms with E-state index >= 15 is 0 Å². The highest BCUT2D eigenvalue weighted by Crippen LogP contribution is 2.32. The lowest BCUT2D eigenvalue weighted by atomic mass is 10.0. The van der Waals surface area contributed by atoms with Crippen molar-refractivity contribution in [2.45, 2.75) is 12.5 Å². The molecule has 2 aromatic carbocycles. The van der Waals surface area contributed by atoms with Crippen LogP contribution in [-0.2, 0) is 9.59 Å². The number of halogens is 2. The zero-order valence-electron chi connectivity index (χ0n) is 17.2. The second kappa shape index (κ2) is 11.1. The Morgan fingerprint density at radius 1 is 1.18 bits per heavy atom. The van der Waals surface area contributed by atoms with E-state index in [-0.39, 0.29) is 30.3 Å². The average Bonchev–Trinajstić information content (AvgIpc) is 3.02. The summed E-state index contributed by atoms with van der Waals surface area (Å²) in [5.74, 6) is -1.27. The number of benzene rings is 2. The molecule has 33 heavy (non-hydrogen) atoms. The van der Waals surface area contributed by atoms with E-state index in [9.17, 15) is 23.6 Å². The molecule has 5 amide bonds. The maximum atomic E-state index is 13.0. The summed E-state index contributed by atoms with van der Waals surface area (Å²) in [6.07, 6.45) is 1.44. The van der Waals surface area contributed by atoms with Gasteiger partial charge in [-0.15, -0.1) is 0 Å². The van der Waals surface area contributed by atoms with E-state index < -0.39 is 29.0 Å². The quantitative estimate of drug-likeness (QED) is 0.447. The monoisotopic (exact) mass is 534 g/mol. The van der Waals surface area contributed by atoms with E-state index in [1.54, 1.807) is 18.2 Å². The molecule has 1 unspecified atom stereocenters. The van der Waals surface area contributed by atoms with Crippen LogP contribution in [0.2, 0.25) is 0 Å². The number of hydrogen-bond donors (Lipinski definition) is 3. The van der Waals surface area contributed by atoms with Crippen molar-refractivity contribution in [3.8, 4) is 0 Å². The van der Waals surface area contributed by atoms with E-state index in [1.807, 2.05) is 6.07 Å². The SMILES string of the molecule is NC(=O)NC(CC(=O)NCCN1C(=O)SC(=Cc2ccc(F)cc2)C1=O)c1cccc(Br)c1. The van der Waals surface area contributed by atoms with Gasteiger partial charge >= 0.3 is 6.03 Å². The number of amides is 5. The van der Waals surface area contributed by atoms with Crippen LogP contribution in [-0.4, -0.2) is 41.1 Å². The number of hydrogen-bond acceptors (Lipinski definition) is 5. The molecule has 0 radical (unpaired) electrons. The lowest BCUT2D eigenvalue weighted by Crippen LogP contribution is -2.40. The van der Waals surface area contributed by atoms with E-state index in [0.717, 1.165) is 21.1 Å². The van der Waals surface area contributed by atoms with Crippen LogP contribution >= 0.6 is 27.7 Å². The first-order valence-corrected chi connectivity index (χ1v) is 11.4. The van der Waals surface area contributed by atoms with E-state index in [2.05, 4.69) is 26.6 Å². The van der Waals surface area contributed by atoms with Crippen LogP contribution in [0.5, 0.6) is 0 Å². The van der Waals surface area contributed by atoms with Crippen LogP contribution in [0.4, 0.5) is 14.0 Å². The Kier molecular flexibility index (Phi) is 8.23. The Balaban J connectivity index is 1.55. The predicted molar refractivity (Wildman–Crippen MR) is 126 cm³/mol. The summed E-state index contributed by atoms with van der Waals surface area (Å²) in [6, 6.07) is 11.2. The number of nitrogens with one attached hydrogen (secondary N) is 2. The number of urea groups is 1. The summed E-state index contributed by atoms with van der Waals surface area (Å²) in [5.41, 5.74) is 6.52. The molecule has 172 valence electrons. The van der Waals surface area contributed by atoms with E-state index in [0.29, 0.717) is 11.1 Å². The number of primary amides is 1. The summed E-state index contributed by atoms with van der Waals surface area (Å²) in [5, 5.41) is 4.73. The minimum absolute atomic E-state index is 0.0119. The lowest BCUT2D eigenvalue weighted by molar-refractivity contribution is -0.124. The van der Waals surface area contributed by atoms with Crippen LogP contribution < -0.4 is 16.4 Å². The van der Waals surface area contributed by atoms with E-state index in [1.165, 1.54) is 30.3 Å². The van der Waals surface area contributed by atoms with Gasteiger partial charge in [0, 0.05) is 17.6 Å². The molecular weight excluding hydrogens is 515 g/mol. The normalized spacial score (nSPS) is 15.6. The topological polar surface area (TPSA) is 122 Å². The molecule has 0 saturated carbocycles. The van der Waals surface area contributed by atoms with Crippen molar-refractivity contribution in [1.29, 1.82) is 0 Å². The summed E-state index contributed by atoms with van der Waals surface area (Å²) in [4.78, 5) is 49.8. The first-order chi connectivity index (χ1) is 15.7. The van der Waals surface area contributed by atoms with Crippen molar-refractivity contribution in [3.05, 3.63) is 74.9 Å². The zero-order chi connectivity index (χ0) is 24.0. The Bertz CT molecular complexity index is 1110. The molecule has 4 N–H and O–H groups in total. The molecule has 1 atom stereocenters. The fourth-order valence-electron chi connectivity index (χ4n) is 3.12. The average molecular weight is 535 g/mol. The zero-order valence-corrected chi connectivity index (χ0v) is 19.6. The second-order valence-corrected chi connectivity index (χ2v) is 8.96. The number of nitrogens with zero attached hydrogens (tertiary/aromatic N) is 1. The standard InChI is InChI=1S/C22H20BrFN4O4S/c23-15-3-1-2-14(11-15)17(27-21(25)31)12-19(29)26-8-9-28-20(30)18(33-22(28)32)10-13-4-6-16(24)7-5-13/h1-7,10-11,17H,8-9,12H2,(H,26,29)(H3,25,27,31). The van der Waals surface area contributed by atoms with Gasteiger partial charge in [0.1, 0.15) is 5.82 Å². The third kappa shape index (κ3) is 6.90. The Morgan fingerprint density at radius 2 is 1.91 bits per heavy atom. The number of rotatable bonds is 8. The van der Waals surface area contributed by atoms with Crippen molar-refractivity contribution in [2.75, 3.05) is 13.1 Å². The maximum absolute atomic E-state index is 13.0. The highest BCUT2D eigenvalue weighted by atomic mass is 79.9. The molecule has 1 heterocycles. The van der Waals surface area contributed by atoms with Crippen molar-refractivity contribution in [3.63, 3.8) is 0 Å². The van der Waals surface area contributed by atoms with Crippen molar-refractivity contribution >= 4 is 56.9 Å². The van der Waals surface area contributed by atoms with Crippen molar-refractivity contribution in [1.82, 2.24) is 15.5 Å². The minimum atomic E-state index is -0.765. The first kappa shape index (κ1) is 24.5. The molecule has 0 spiro atoms. The van der Waals surface area contributed by atoms with Gasteiger partial charge in [0.15, 0.2) is 0 Å². The number of carbonyl (C=O) groups excluding carboxylic acids is 4. The van der Waals surface area contributed by atoms with Crippen LogP contribution in [0.1, 0.15) is 23.6 Å². The molecule has 2 aromatic rings. The minimum Gasteiger partial charge on any atom is -0.354 e. The molecule has 8 nitrogen and oxygen atoms in total.